The molecule has 0 radical (unpaired) electrons. The summed E-state index contributed by atoms with van der Waals surface area (Å²) in [5.41, 5.74) is 1.02. The summed E-state index contributed by atoms with van der Waals surface area (Å²) in [5.74, 6) is 0.767. The van der Waals surface area contributed by atoms with E-state index in [9.17, 15) is 13.6 Å². The molecule has 3 rings (SSSR count). The molecule has 3 aromatic rings. The monoisotopic (exact) mass is 360 g/mol. The van der Waals surface area contributed by atoms with Gasteiger partial charge in [0.1, 0.15) is 11.5 Å². The lowest BCUT2D eigenvalue weighted by Gasteiger charge is -2.05. The van der Waals surface area contributed by atoms with Gasteiger partial charge in [-0.3, -0.25) is 15.2 Å². The second kappa shape index (κ2) is 7.60. The van der Waals surface area contributed by atoms with E-state index in [1.54, 1.807) is 31.4 Å². The van der Waals surface area contributed by atoms with Gasteiger partial charge in [-0.15, -0.1) is 5.10 Å². The third-order valence-corrected chi connectivity index (χ3v) is 3.42. The van der Waals surface area contributed by atoms with Gasteiger partial charge in [-0.1, -0.05) is 0 Å². The molecule has 1 aromatic heterocycles. The van der Waals surface area contributed by atoms with Crippen LogP contribution in [0.15, 0.2) is 48.5 Å². The Morgan fingerprint density at radius 3 is 2.35 bits per heavy atom. The lowest BCUT2D eigenvalue weighted by Crippen LogP contribution is -2.13. The molecule has 9 heteroatoms. The summed E-state index contributed by atoms with van der Waals surface area (Å²) in [6, 6.07) is 12.4. The number of hydrogen-bond donors (Lipinski definition) is 2. The molecule has 0 atom stereocenters. The van der Waals surface area contributed by atoms with E-state index in [4.69, 9.17) is 4.74 Å². The number of carbonyl (C=O) groups is 1. The van der Waals surface area contributed by atoms with Crippen molar-refractivity contribution >= 4 is 11.9 Å². The van der Waals surface area contributed by atoms with Gasteiger partial charge in [-0.05, 0) is 48.5 Å². The van der Waals surface area contributed by atoms with E-state index in [-0.39, 0.29) is 17.3 Å². The van der Waals surface area contributed by atoms with Gasteiger partial charge in [-0.25, -0.2) is 0 Å². The summed E-state index contributed by atoms with van der Waals surface area (Å²) in [5, 5.41) is 9.19. The molecule has 1 heterocycles. The van der Waals surface area contributed by atoms with Crippen LogP contribution in [0.2, 0.25) is 0 Å². The van der Waals surface area contributed by atoms with Crippen molar-refractivity contribution in [2.75, 3.05) is 12.4 Å². The first kappa shape index (κ1) is 17.3. The number of alkyl halides is 2. The molecule has 0 aliphatic rings. The number of hydrogen-bond acceptors (Lipinski definition) is 5. The van der Waals surface area contributed by atoms with Crippen LogP contribution in [-0.2, 0) is 0 Å². The van der Waals surface area contributed by atoms with Gasteiger partial charge in [-0.2, -0.15) is 13.8 Å². The minimum absolute atomic E-state index is 0.0313. The Labute approximate surface area is 147 Å². The first-order valence-corrected chi connectivity index (χ1v) is 7.48. The number of nitrogens with one attached hydrogen (secondary N) is 2. The van der Waals surface area contributed by atoms with Gasteiger partial charge in [0.25, 0.3) is 5.91 Å². The Kier molecular flexibility index (Phi) is 5.07. The summed E-state index contributed by atoms with van der Waals surface area (Å²) in [7, 11) is 1.57. The molecule has 1 amide bonds. The Morgan fingerprint density at radius 1 is 1.08 bits per heavy atom. The maximum absolute atomic E-state index is 12.2. The number of amides is 1. The number of methoxy groups -OCH3 is 1. The molecule has 0 saturated carbocycles. The summed E-state index contributed by atoms with van der Waals surface area (Å²) in [4.78, 5) is 16.4. The molecule has 2 N–H and O–H groups in total. The van der Waals surface area contributed by atoms with E-state index in [1.165, 1.54) is 24.3 Å². The third kappa shape index (κ3) is 4.12. The maximum atomic E-state index is 12.2. The summed E-state index contributed by atoms with van der Waals surface area (Å²) >= 11 is 0. The van der Waals surface area contributed by atoms with Crippen LogP contribution >= 0.6 is 0 Å². The molecule has 0 saturated heterocycles. The minimum atomic E-state index is -2.92. The molecule has 0 aliphatic carbocycles. The number of ether oxygens (including phenoxy) is 2. The van der Waals surface area contributed by atoms with E-state index in [0.717, 1.165) is 5.56 Å². The highest BCUT2D eigenvalue weighted by Crippen LogP contribution is 2.20. The number of carbonyl (C=O) groups excluding carboxylic acids is 1. The fourth-order valence-electron chi connectivity index (χ4n) is 2.16. The Bertz CT molecular complexity index is 880. The quantitative estimate of drug-likeness (QED) is 0.704. The second-order valence-corrected chi connectivity index (χ2v) is 5.09. The highest BCUT2D eigenvalue weighted by atomic mass is 19.3. The number of aromatic nitrogens is 3. The summed E-state index contributed by atoms with van der Waals surface area (Å²) in [6.07, 6.45) is 0. The molecular weight excluding hydrogens is 346 g/mol. The highest BCUT2D eigenvalue weighted by molar-refractivity contribution is 6.03. The van der Waals surface area contributed by atoms with Gasteiger partial charge in [0.15, 0.2) is 5.82 Å². The first-order chi connectivity index (χ1) is 12.5. The SMILES string of the molecule is COc1ccc(-c2nc(NC(=O)c3ccc(OC(F)F)cc3)n[nH]2)cc1. The van der Waals surface area contributed by atoms with Gasteiger partial charge in [0.05, 0.1) is 7.11 Å². The Balaban J connectivity index is 1.67. The van der Waals surface area contributed by atoms with Crippen LogP contribution in [0.4, 0.5) is 14.7 Å². The molecule has 0 bridgehead atoms. The molecular formula is C17H14F2N4O3. The summed E-state index contributed by atoms with van der Waals surface area (Å²) < 4.78 is 33.6. The number of halogens is 2. The fraction of sp³-hybridized carbons (Fsp3) is 0.118. The van der Waals surface area contributed by atoms with Crippen molar-refractivity contribution in [1.82, 2.24) is 15.2 Å². The van der Waals surface area contributed by atoms with Crippen LogP contribution in [0.5, 0.6) is 11.5 Å². The number of rotatable bonds is 6. The van der Waals surface area contributed by atoms with Crippen LogP contribution in [-0.4, -0.2) is 34.8 Å². The Hall–Kier alpha value is -3.49. The van der Waals surface area contributed by atoms with Crippen LogP contribution in [0.1, 0.15) is 10.4 Å². The van der Waals surface area contributed by atoms with Crippen molar-refractivity contribution in [2.24, 2.45) is 0 Å². The number of H-pyrrole nitrogens is 1. The normalized spacial score (nSPS) is 10.6. The van der Waals surface area contributed by atoms with Gasteiger partial charge < -0.3 is 9.47 Å². The van der Waals surface area contributed by atoms with E-state index >= 15 is 0 Å². The number of anilines is 1. The van der Waals surface area contributed by atoms with Gasteiger partial charge in [0, 0.05) is 11.1 Å². The fourth-order valence-corrected chi connectivity index (χ4v) is 2.16. The van der Waals surface area contributed by atoms with E-state index in [2.05, 4.69) is 25.2 Å². The van der Waals surface area contributed by atoms with Crippen LogP contribution in [0, 0.1) is 0 Å². The minimum Gasteiger partial charge on any atom is -0.497 e. The predicted molar refractivity (Wildman–Crippen MR) is 89.4 cm³/mol. The van der Waals surface area contributed by atoms with Crippen LogP contribution in [0.3, 0.4) is 0 Å². The zero-order chi connectivity index (χ0) is 18.5. The van der Waals surface area contributed by atoms with Crippen LogP contribution < -0.4 is 14.8 Å². The van der Waals surface area contributed by atoms with Gasteiger partial charge >= 0.3 is 6.61 Å². The molecule has 7 nitrogen and oxygen atoms in total. The molecule has 2 aromatic carbocycles. The lowest BCUT2D eigenvalue weighted by atomic mass is 10.2. The topological polar surface area (TPSA) is 89.1 Å². The van der Waals surface area contributed by atoms with E-state index < -0.39 is 12.5 Å². The summed E-state index contributed by atoms with van der Waals surface area (Å²) in [6.45, 7) is -2.92. The highest BCUT2D eigenvalue weighted by Gasteiger charge is 2.12. The van der Waals surface area contributed by atoms with Gasteiger partial charge in [0.2, 0.25) is 5.95 Å². The van der Waals surface area contributed by atoms with Crippen molar-refractivity contribution in [3.63, 3.8) is 0 Å². The smallest absolute Gasteiger partial charge is 0.387 e. The predicted octanol–water partition coefficient (Wildman–Crippen LogP) is 3.33. The maximum Gasteiger partial charge on any atom is 0.387 e. The molecule has 0 unspecified atom stereocenters. The van der Waals surface area contributed by atoms with Crippen LogP contribution in [0.25, 0.3) is 11.4 Å². The lowest BCUT2D eigenvalue weighted by molar-refractivity contribution is -0.0498. The van der Waals surface area contributed by atoms with E-state index in [0.29, 0.717) is 11.6 Å². The number of benzene rings is 2. The number of nitrogens with zero attached hydrogens (tertiary/aromatic N) is 2. The van der Waals surface area contributed by atoms with Crippen molar-refractivity contribution in [1.29, 1.82) is 0 Å². The third-order valence-electron chi connectivity index (χ3n) is 3.42. The average molecular weight is 360 g/mol. The first-order valence-electron chi connectivity index (χ1n) is 7.48. The molecule has 0 aliphatic heterocycles. The average Bonchev–Trinajstić information content (AvgIpc) is 3.10. The van der Waals surface area contributed by atoms with Crippen molar-refractivity contribution in [2.45, 2.75) is 6.61 Å². The second-order valence-electron chi connectivity index (χ2n) is 5.09. The van der Waals surface area contributed by atoms with Crippen molar-refractivity contribution < 1.29 is 23.0 Å². The zero-order valence-corrected chi connectivity index (χ0v) is 13.6. The standard InChI is InChI=1S/C17H14F2N4O3/c1-25-12-6-2-10(3-7-12)14-20-17(23-22-14)21-15(24)11-4-8-13(9-5-11)26-16(18)19/h2-9,16H,1H3,(H2,20,21,22,23,24). The Morgan fingerprint density at radius 2 is 1.73 bits per heavy atom. The molecule has 0 spiro atoms. The molecule has 26 heavy (non-hydrogen) atoms. The van der Waals surface area contributed by atoms with Crippen molar-refractivity contribution in [3.8, 4) is 22.9 Å². The zero-order valence-electron chi connectivity index (χ0n) is 13.6. The van der Waals surface area contributed by atoms with Crippen molar-refractivity contribution in [3.05, 3.63) is 54.1 Å². The largest absolute Gasteiger partial charge is 0.497 e. The van der Waals surface area contributed by atoms with E-state index in [1.807, 2.05) is 0 Å². The molecule has 0 fully saturated rings. The molecule has 134 valence electrons. The number of aromatic amines is 1.